The molecule has 0 aromatic carbocycles. The molecule has 49 valence electrons. The van der Waals surface area contributed by atoms with Crippen molar-refractivity contribution in [2.24, 2.45) is 0 Å². The van der Waals surface area contributed by atoms with Gasteiger partial charge < -0.3 is 9.51 Å². The van der Waals surface area contributed by atoms with Crippen molar-refractivity contribution in [3.05, 3.63) is 24.9 Å². The third-order valence-corrected chi connectivity index (χ3v) is 1.14. The van der Waals surface area contributed by atoms with E-state index in [0.717, 1.165) is 11.4 Å². The van der Waals surface area contributed by atoms with E-state index in [4.69, 9.17) is 0 Å². The Kier molecular flexibility index (Phi) is 1.04. The number of nitrogens with one attached hydrogen (secondary N) is 1. The van der Waals surface area contributed by atoms with Gasteiger partial charge >= 0.3 is 0 Å². The summed E-state index contributed by atoms with van der Waals surface area (Å²) < 4.78 is 4.57. The van der Waals surface area contributed by atoms with E-state index in [1.54, 1.807) is 12.4 Å². The second-order valence-electron chi connectivity index (χ2n) is 1.78. The van der Waals surface area contributed by atoms with Crippen molar-refractivity contribution in [1.29, 1.82) is 0 Å². The van der Waals surface area contributed by atoms with Crippen LogP contribution in [0.3, 0.4) is 0 Å². The Morgan fingerprint density at radius 2 is 2.60 bits per heavy atom. The summed E-state index contributed by atoms with van der Waals surface area (Å²) in [5, 5.41) is 3.42. The molecule has 4 heteroatoms. The van der Waals surface area contributed by atoms with Gasteiger partial charge in [-0.3, -0.25) is 0 Å². The lowest BCUT2D eigenvalue weighted by Crippen LogP contribution is -1.74. The molecule has 2 aromatic rings. The second-order valence-corrected chi connectivity index (χ2v) is 1.78. The van der Waals surface area contributed by atoms with Crippen LogP contribution in [0.4, 0.5) is 0 Å². The van der Waals surface area contributed by atoms with Crippen LogP contribution in [0.15, 0.2) is 23.2 Å². The first-order valence-corrected chi connectivity index (χ1v) is 2.78. The van der Waals surface area contributed by atoms with Gasteiger partial charge in [0, 0.05) is 12.4 Å². The summed E-state index contributed by atoms with van der Waals surface area (Å²) in [6.45, 7) is 0. The third-order valence-electron chi connectivity index (χ3n) is 1.14. The van der Waals surface area contributed by atoms with Gasteiger partial charge in [-0.2, -0.15) is 0 Å². The molecule has 0 aliphatic heterocycles. The third kappa shape index (κ3) is 0.699. The summed E-state index contributed by atoms with van der Waals surface area (Å²) in [5.74, 6) is 0.723. The summed E-state index contributed by atoms with van der Waals surface area (Å²) in [4.78, 5) is 6.87. The van der Waals surface area contributed by atoms with E-state index >= 15 is 0 Å². The van der Waals surface area contributed by atoms with Crippen LogP contribution in [0.25, 0.3) is 11.4 Å². The molecule has 0 aliphatic carbocycles. The van der Waals surface area contributed by atoms with Gasteiger partial charge in [-0.05, 0) is 0 Å². The van der Waals surface area contributed by atoms with Crippen molar-refractivity contribution < 1.29 is 4.52 Å². The smallest absolute Gasteiger partial charge is 0.147 e. The van der Waals surface area contributed by atoms with E-state index in [-0.39, 0.29) is 0 Å². The van der Waals surface area contributed by atoms with Crippen LogP contribution in [0.1, 0.15) is 0 Å². The Morgan fingerprint density at radius 3 is 3.20 bits per heavy atom. The van der Waals surface area contributed by atoms with E-state index in [9.17, 15) is 0 Å². The maximum Gasteiger partial charge on any atom is 0.147 e. The van der Waals surface area contributed by atoms with E-state index in [1.165, 1.54) is 6.26 Å². The van der Waals surface area contributed by atoms with Gasteiger partial charge in [-0.15, -0.1) is 0 Å². The molecule has 2 aromatic heterocycles. The largest absolute Gasteiger partial charge is 0.363 e. The molecule has 0 bridgehead atoms. The summed E-state index contributed by atoms with van der Waals surface area (Å²) in [5.41, 5.74) is 0.741. The molecule has 0 fully saturated rings. The Morgan fingerprint density at radius 1 is 1.60 bits per heavy atom. The maximum absolute atomic E-state index is 4.57. The highest BCUT2D eigenvalue weighted by molar-refractivity contribution is 5.49. The van der Waals surface area contributed by atoms with Crippen molar-refractivity contribution in [3.8, 4) is 11.4 Å². The fraction of sp³-hybridized carbons (Fsp3) is 0. The van der Waals surface area contributed by atoms with E-state index in [2.05, 4.69) is 25.8 Å². The lowest BCUT2D eigenvalue weighted by atomic mass is 10.4. The minimum atomic E-state index is 0.723. The number of rotatable bonds is 1. The van der Waals surface area contributed by atoms with Gasteiger partial charge in [0.05, 0.1) is 5.56 Å². The van der Waals surface area contributed by atoms with Gasteiger partial charge in [0.15, 0.2) is 0 Å². The zero-order chi connectivity index (χ0) is 6.81. The minimum Gasteiger partial charge on any atom is -0.363 e. The molecule has 1 radical (unpaired) electrons. The van der Waals surface area contributed by atoms with Gasteiger partial charge in [0.25, 0.3) is 0 Å². The van der Waals surface area contributed by atoms with Gasteiger partial charge in [-0.25, -0.2) is 4.98 Å². The lowest BCUT2D eigenvalue weighted by molar-refractivity contribution is 0.418. The highest BCUT2D eigenvalue weighted by Crippen LogP contribution is 2.10. The summed E-state index contributed by atoms with van der Waals surface area (Å²) in [7, 11) is 0. The monoisotopic (exact) mass is 134 g/mol. The van der Waals surface area contributed by atoms with Gasteiger partial charge in [0.1, 0.15) is 18.3 Å². The van der Waals surface area contributed by atoms with Gasteiger partial charge in [-0.1, -0.05) is 5.16 Å². The number of aromatic nitrogens is 3. The quantitative estimate of drug-likeness (QED) is 0.629. The van der Waals surface area contributed by atoms with Crippen molar-refractivity contribution >= 4 is 0 Å². The van der Waals surface area contributed by atoms with Crippen molar-refractivity contribution in [3.63, 3.8) is 0 Å². The average molecular weight is 134 g/mol. The number of nitrogens with zero attached hydrogens (tertiary/aromatic N) is 2. The molecule has 10 heavy (non-hydrogen) atoms. The zero-order valence-electron chi connectivity index (χ0n) is 5.03. The van der Waals surface area contributed by atoms with Crippen LogP contribution in [0, 0.1) is 6.20 Å². The van der Waals surface area contributed by atoms with Crippen LogP contribution in [-0.4, -0.2) is 15.1 Å². The van der Waals surface area contributed by atoms with Gasteiger partial charge in [0.2, 0.25) is 0 Å². The summed E-state index contributed by atoms with van der Waals surface area (Å²) in [6, 6.07) is 0. The number of aromatic amines is 1. The molecule has 0 atom stereocenters. The predicted molar refractivity (Wildman–Crippen MR) is 32.9 cm³/mol. The normalized spacial score (nSPS) is 10.0. The molecule has 0 spiro atoms. The first-order chi connectivity index (χ1) is 4.97. The standard InChI is InChI=1S/C6H4N3O/c1-2-8-6(7-1)5-3-9-10-4-5/h1-2,4H,(H,7,8). The second kappa shape index (κ2) is 1.98. The minimum absolute atomic E-state index is 0.723. The molecular formula is C6H4N3O. The number of H-pyrrole nitrogens is 1. The van der Waals surface area contributed by atoms with Crippen LogP contribution >= 0.6 is 0 Å². The van der Waals surface area contributed by atoms with Crippen LogP contribution < -0.4 is 0 Å². The SMILES string of the molecule is [c]1nocc1-c1ncc[nH]1. The van der Waals surface area contributed by atoms with E-state index in [0.29, 0.717) is 0 Å². The highest BCUT2D eigenvalue weighted by Gasteiger charge is 2.00. The van der Waals surface area contributed by atoms with E-state index < -0.39 is 0 Å². The molecular weight excluding hydrogens is 130 g/mol. The molecule has 0 saturated heterocycles. The molecule has 0 saturated carbocycles. The molecule has 2 rings (SSSR count). The zero-order valence-corrected chi connectivity index (χ0v) is 5.03. The molecule has 4 nitrogen and oxygen atoms in total. The molecule has 0 unspecified atom stereocenters. The first kappa shape index (κ1) is 5.22. The fourth-order valence-corrected chi connectivity index (χ4v) is 0.702. The molecule has 2 heterocycles. The predicted octanol–water partition coefficient (Wildman–Crippen LogP) is 0.865. The first-order valence-electron chi connectivity index (χ1n) is 2.78. The highest BCUT2D eigenvalue weighted by atomic mass is 16.5. The maximum atomic E-state index is 4.57. The fourth-order valence-electron chi connectivity index (χ4n) is 0.702. The Hall–Kier alpha value is -1.58. The van der Waals surface area contributed by atoms with Crippen LogP contribution in [0.2, 0.25) is 0 Å². The Bertz CT molecular complexity index is 252. The topological polar surface area (TPSA) is 54.7 Å². The number of hydrogen-bond donors (Lipinski definition) is 1. The average Bonchev–Trinajstić information content (AvgIpc) is 2.59. The van der Waals surface area contributed by atoms with E-state index in [1.807, 2.05) is 0 Å². The van der Waals surface area contributed by atoms with Crippen molar-refractivity contribution in [2.45, 2.75) is 0 Å². The number of imidazole rings is 1. The van der Waals surface area contributed by atoms with Crippen molar-refractivity contribution in [1.82, 2.24) is 15.1 Å². The lowest BCUT2D eigenvalue weighted by Gasteiger charge is -1.81. The summed E-state index contributed by atoms with van der Waals surface area (Å²) >= 11 is 0. The molecule has 1 N–H and O–H groups in total. The van der Waals surface area contributed by atoms with Crippen molar-refractivity contribution in [2.75, 3.05) is 0 Å². The van der Waals surface area contributed by atoms with Crippen LogP contribution in [0.5, 0.6) is 0 Å². The summed E-state index contributed by atoms with van der Waals surface area (Å²) in [6.07, 6.45) is 7.51. The number of hydrogen-bond acceptors (Lipinski definition) is 3. The van der Waals surface area contributed by atoms with Crippen LogP contribution in [-0.2, 0) is 0 Å². The molecule has 0 amide bonds. The Balaban J connectivity index is 2.48. The Labute approximate surface area is 56.9 Å². The molecule has 0 aliphatic rings.